The molecule has 0 saturated carbocycles. The molecule has 2 rings (SSSR count). The summed E-state index contributed by atoms with van der Waals surface area (Å²) in [7, 11) is 0. The molecule has 3 unspecified atom stereocenters. The first-order chi connectivity index (χ1) is 9.11. The van der Waals surface area contributed by atoms with Gasteiger partial charge in [0.25, 0.3) is 0 Å². The van der Waals surface area contributed by atoms with E-state index in [-0.39, 0.29) is 0 Å². The van der Waals surface area contributed by atoms with Crippen molar-refractivity contribution in [3.05, 3.63) is 34.9 Å². The summed E-state index contributed by atoms with van der Waals surface area (Å²) in [5.41, 5.74) is 7.33. The highest BCUT2D eigenvalue weighted by atomic mass is 35.5. The Morgan fingerprint density at radius 3 is 2.68 bits per heavy atom. The van der Waals surface area contributed by atoms with Gasteiger partial charge in [-0.3, -0.25) is 4.90 Å². The Bertz CT molecular complexity index is 390. The molecule has 19 heavy (non-hydrogen) atoms. The summed E-state index contributed by atoms with van der Waals surface area (Å²) in [4.78, 5) is 2.60. The van der Waals surface area contributed by atoms with Crippen LogP contribution in [0.3, 0.4) is 0 Å². The topological polar surface area (TPSA) is 29.3 Å². The summed E-state index contributed by atoms with van der Waals surface area (Å²) in [6.45, 7) is 6.60. The number of hydrogen-bond donors (Lipinski definition) is 1. The number of benzene rings is 1. The van der Waals surface area contributed by atoms with E-state index in [0.717, 1.165) is 18.0 Å². The molecule has 1 aliphatic heterocycles. The highest BCUT2D eigenvalue weighted by Crippen LogP contribution is 2.25. The highest BCUT2D eigenvalue weighted by molar-refractivity contribution is 6.30. The lowest BCUT2D eigenvalue weighted by Crippen LogP contribution is -2.52. The minimum Gasteiger partial charge on any atom is -0.329 e. The van der Waals surface area contributed by atoms with Gasteiger partial charge in [-0.25, -0.2) is 0 Å². The van der Waals surface area contributed by atoms with Crippen LogP contribution in [0, 0.1) is 5.92 Å². The Balaban J connectivity index is 2.01. The van der Waals surface area contributed by atoms with E-state index in [1.54, 1.807) is 0 Å². The Kier molecular flexibility index (Phi) is 5.26. The van der Waals surface area contributed by atoms with Crippen LogP contribution in [0.2, 0.25) is 5.02 Å². The second-order valence-electron chi connectivity index (χ2n) is 5.84. The Morgan fingerprint density at radius 1 is 1.37 bits per heavy atom. The molecule has 0 spiro atoms. The van der Waals surface area contributed by atoms with Gasteiger partial charge >= 0.3 is 0 Å². The minimum atomic E-state index is 0.538. The molecule has 0 radical (unpaired) electrons. The molecule has 1 aromatic rings. The molecule has 0 aliphatic carbocycles. The van der Waals surface area contributed by atoms with E-state index in [2.05, 4.69) is 30.9 Å². The van der Waals surface area contributed by atoms with Crippen LogP contribution in [-0.4, -0.2) is 30.1 Å². The van der Waals surface area contributed by atoms with E-state index in [1.165, 1.54) is 24.9 Å². The molecule has 106 valence electrons. The zero-order valence-corrected chi connectivity index (χ0v) is 12.7. The predicted molar refractivity (Wildman–Crippen MR) is 82.6 cm³/mol. The molecule has 3 heteroatoms. The first-order valence-electron chi connectivity index (χ1n) is 7.32. The molecule has 1 fully saturated rings. The molecule has 1 aliphatic rings. The zero-order valence-electron chi connectivity index (χ0n) is 12.0. The van der Waals surface area contributed by atoms with Crippen LogP contribution in [0.25, 0.3) is 0 Å². The van der Waals surface area contributed by atoms with Gasteiger partial charge in [0, 0.05) is 23.7 Å². The van der Waals surface area contributed by atoms with Crippen LogP contribution < -0.4 is 5.73 Å². The van der Waals surface area contributed by atoms with Crippen LogP contribution in [0.5, 0.6) is 0 Å². The van der Waals surface area contributed by atoms with Gasteiger partial charge in [0.15, 0.2) is 0 Å². The van der Waals surface area contributed by atoms with Crippen molar-refractivity contribution in [3.8, 4) is 0 Å². The first kappa shape index (κ1) is 14.8. The summed E-state index contributed by atoms with van der Waals surface area (Å²) in [6.07, 6.45) is 3.68. The molecule has 1 heterocycles. The van der Waals surface area contributed by atoms with Gasteiger partial charge in [0.1, 0.15) is 0 Å². The average molecular weight is 281 g/mol. The number of nitrogens with zero attached hydrogens (tertiary/aromatic N) is 1. The van der Waals surface area contributed by atoms with E-state index in [0.29, 0.717) is 18.0 Å². The fourth-order valence-corrected chi connectivity index (χ4v) is 3.40. The lowest BCUT2D eigenvalue weighted by molar-refractivity contribution is 0.0693. The van der Waals surface area contributed by atoms with Crippen molar-refractivity contribution < 1.29 is 0 Å². The fraction of sp³-hybridized carbons (Fsp3) is 0.625. The lowest BCUT2D eigenvalue weighted by atomic mass is 9.89. The van der Waals surface area contributed by atoms with Crippen LogP contribution in [0.1, 0.15) is 32.3 Å². The van der Waals surface area contributed by atoms with Crippen molar-refractivity contribution >= 4 is 11.6 Å². The van der Waals surface area contributed by atoms with Crippen molar-refractivity contribution in [2.75, 3.05) is 13.1 Å². The second-order valence-corrected chi connectivity index (χ2v) is 6.28. The molecule has 0 bridgehead atoms. The van der Waals surface area contributed by atoms with Gasteiger partial charge in [-0.2, -0.15) is 0 Å². The maximum absolute atomic E-state index is 5.98. The van der Waals surface area contributed by atoms with Gasteiger partial charge in [0.05, 0.1) is 0 Å². The number of rotatable bonds is 4. The number of likely N-dealkylation sites (tertiary alicyclic amines) is 1. The third kappa shape index (κ3) is 3.71. The Labute approximate surface area is 121 Å². The summed E-state index contributed by atoms with van der Waals surface area (Å²) >= 11 is 5.93. The van der Waals surface area contributed by atoms with Crippen molar-refractivity contribution in [2.24, 2.45) is 11.7 Å². The third-order valence-corrected chi connectivity index (χ3v) is 4.66. The Morgan fingerprint density at radius 2 is 2.05 bits per heavy atom. The Hall–Kier alpha value is -0.570. The quantitative estimate of drug-likeness (QED) is 0.917. The molecule has 0 aromatic heterocycles. The van der Waals surface area contributed by atoms with E-state index in [9.17, 15) is 0 Å². The standard InChI is InChI=1S/C16H25ClN2/c1-12-4-3-9-19(16(12)11-18)13(2)10-14-5-7-15(17)8-6-14/h5-8,12-13,16H,3-4,9-11,18H2,1-2H3. The predicted octanol–water partition coefficient (Wildman–Crippen LogP) is 3.33. The molecule has 2 nitrogen and oxygen atoms in total. The smallest absolute Gasteiger partial charge is 0.0406 e. The molecule has 1 aromatic carbocycles. The number of halogens is 1. The van der Waals surface area contributed by atoms with Crippen LogP contribution >= 0.6 is 11.6 Å². The van der Waals surface area contributed by atoms with Crippen molar-refractivity contribution in [1.82, 2.24) is 4.90 Å². The normalized spacial score (nSPS) is 26.3. The minimum absolute atomic E-state index is 0.538. The van der Waals surface area contributed by atoms with Crippen LogP contribution in [-0.2, 0) is 6.42 Å². The van der Waals surface area contributed by atoms with Gasteiger partial charge in [0.2, 0.25) is 0 Å². The number of piperidine rings is 1. The maximum atomic E-state index is 5.98. The molecule has 3 atom stereocenters. The van der Waals surface area contributed by atoms with E-state index in [4.69, 9.17) is 17.3 Å². The molecular formula is C16H25ClN2. The SMILES string of the molecule is CC1CCCN(C(C)Cc2ccc(Cl)cc2)C1CN. The average Bonchev–Trinajstić information content (AvgIpc) is 2.41. The maximum Gasteiger partial charge on any atom is 0.0406 e. The molecule has 2 N–H and O–H groups in total. The van der Waals surface area contributed by atoms with E-state index >= 15 is 0 Å². The zero-order chi connectivity index (χ0) is 13.8. The summed E-state index contributed by atoms with van der Waals surface area (Å²) < 4.78 is 0. The van der Waals surface area contributed by atoms with E-state index < -0.39 is 0 Å². The summed E-state index contributed by atoms with van der Waals surface area (Å²) in [6, 6.07) is 9.28. The number of nitrogens with two attached hydrogens (primary N) is 1. The van der Waals surface area contributed by atoms with Gasteiger partial charge in [-0.05, 0) is 56.3 Å². The van der Waals surface area contributed by atoms with Crippen molar-refractivity contribution in [2.45, 2.75) is 45.2 Å². The highest BCUT2D eigenvalue weighted by Gasteiger charge is 2.30. The van der Waals surface area contributed by atoms with Gasteiger partial charge in [-0.1, -0.05) is 30.7 Å². The van der Waals surface area contributed by atoms with Crippen LogP contribution in [0.4, 0.5) is 0 Å². The van der Waals surface area contributed by atoms with Gasteiger partial charge < -0.3 is 5.73 Å². The molecule has 1 saturated heterocycles. The molecule has 0 amide bonds. The summed E-state index contributed by atoms with van der Waals surface area (Å²) in [5, 5.41) is 0.808. The second kappa shape index (κ2) is 6.74. The third-order valence-electron chi connectivity index (χ3n) is 4.41. The van der Waals surface area contributed by atoms with Gasteiger partial charge in [-0.15, -0.1) is 0 Å². The lowest BCUT2D eigenvalue weighted by Gasteiger charge is -2.43. The van der Waals surface area contributed by atoms with E-state index in [1.807, 2.05) is 12.1 Å². The number of hydrogen-bond acceptors (Lipinski definition) is 2. The largest absolute Gasteiger partial charge is 0.329 e. The summed E-state index contributed by atoms with van der Waals surface area (Å²) in [5.74, 6) is 0.714. The van der Waals surface area contributed by atoms with Crippen molar-refractivity contribution in [3.63, 3.8) is 0 Å². The van der Waals surface area contributed by atoms with Crippen molar-refractivity contribution in [1.29, 1.82) is 0 Å². The first-order valence-corrected chi connectivity index (χ1v) is 7.70. The van der Waals surface area contributed by atoms with Crippen LogP contribution in [0.15, 0.2) is 24.3 Å². The molecular weight excluding hydrogens is 256 g/mol. The fourth-order valence-electron chi connectivity index (χ4n) is 3.27. The monoisotopic (exact) mass is 280 g/mol.